The summed E-state index contributed by atoms with van der Waals surface area (Å²) in [6.07, 6.45) is 2.92. The molecule has 0 spiro atoms. The lowest BCUT2D eigenvalue weighted by Gasteiger charge is -2.36. The molecule has 21 heavy (non-hydrogen) atoms. The lowest BCUT2D eigenvalue weighted by molar-refractivity contribution is -0.145. The van der Waals surface area contributed by atoms with Crippen LogP contribution in [0.25, 0.3) is 0 Å². The zero-order chi connectivity index (χ0) is 15.2. The standard InChI is InChI=1S/C17H25NO3/c1-3-14-8-9-18(16(12-14)17(19)20)10-11-21-15-6-4-13(2)5-7-15/h4-7,14,16H,3,8-12H2,1-2H3,(H,19,20). The van der Waals surface area contributed by atoms with Gasteiger partial charge in [-0.15, -0.1) is 0 Å². The van der Waals surface area contributed by atoms with Crippen LogP contribution in [0.3, 0.4) is 0 Å². The molecule has 0 aromatic heterocycles. The van der Waals surface area contributed by atoms with Gasteiger partial charge in [0, 0.05) is 6.54 Å². The monoisotopic (exact) mass is 291 g/mol. The smallest absolute Gasteiger partial charge is 0.320 e. The van der Waals surface area contributed by atoms with E-state index in [9.17, 15) is 9.90 Å². The molecule has 1 aromatic carbocycles. The van der Waals surface area contributed by atoms with Gasteiger partial charge in [0.05, 0.1) is 0 Å². The van der Waals surface area contributed by atoms with Crippen LogP contribution in [0, 0.1) is 12.8 Å². The predicted molar refractivity (Wildman–Crippen MR) is 82.7 cm³/mol. The lowest BCUT2D eigenvalue weighted by Crippen LogP contribution is -2.48. The van der Waals surface area contributed by atoms with Crippen molar-refractivity contribution in [3.63, 3.8) is 0 Å². The summed E-state index contributed by atoms with van der Waals surface area (Å²) in [6.45, 7) is 6.23. The Morgan fingerprint density at radius 2 is 2.10 bits per heavy atom. The largest absolute Gasteiger partial charge is 0.492 e. The van der Waals surface area contributed by atoms with Crippen LogP contribution < -0.4 is 4.74 Å². The number of rotatable bonds is 6. The molecular weight excluding hydrogens is 266 g/mol. The van der Waals surface area contributed by atoms with Crippen LogP contribution in [0.4, 0.5) is 0 Å². The third-order valence-electron chi connectivity index (χ3n) is 4.35. The molecule has 1 fully saturated rings. The molecule has 1 aliphatic heterocycles. The van der Waals surface area contributed by atoms with Gasteiger partial charge in [-0.2, -0.15) is 0 Å². The van der Waals surface area contributed by atoms with Crippen LogP contribution in [0.15, 0.2) is 24.3 Å². The van der Waals surface area contributed by atoms with Gasteiger partial charge in [-0.1, -0.05) is 31.0 Å². The summed E-state index contributed by atoms with van der Waals surface area (Å²) in [5.41, 5.74) is 1.20. The highest BCUT2D eigenvalue weighted by molar-refractivity contribution is 5.73. The Hall–Kier alpha value is -1.55. The molecule has 2 atom stereocenters. The zero-order valence-corrected chi connectivity index (χ0v) is 12.9. The number of hydrogen-bond acceptors (Lipinski definition) is 3. The van der Waals surface area contributed by atoms with E-state index in [4.69, 9.17) is 4.74 Å². The molecule has 0 amide bonds. The minimum atomic E-state index is -0.705. The van der Waals surface area contributed by atoms with Crippen LogP contribution in [0.2, 0.25) is 0 Å². The molecule has 1 aliphatic rings. The first kappa shape index (κ1) is 15.8. The molecule has 4 heteroatoms. The normalized spacial score (nSPS) is 23.0. The molecule has 0 aliphatic carbocycles. The second-order valence-corrected chi connectivity index (χ2v) is 5.85. The molecule has 116 valence electrons. The van der Waals surface area contributed by atoms with Crippen molar-refractivity contribution in [1.29, 1.82) is 0 Å². The predicted octanol–water partition coefficient (Wildman–Crippen LogP) is 2.95. The lowest BCUT2D eigenvalue weighted by atomic mass is 9.89. The Labute approximate surface area is 126 Å². The molecule has 1 saturated heterocycles. The van der Waals surface area contributed by atoms with Gasteiger partial charge >= 0.3 is 5.97 Å². The van der Waals surface area contributed by atoms with Gasteiger partial charge < -0.3 is 9.84 Å². The SMILES string of the molecule is CCC1CCN(CCOc2ccc(C)cc2)C(C(=O)O)C1. The van der Waals surface area contributed by atoms with E-state index >= 15 is 0 Å². The number of benzene rings is 1. The fourth-order valence-corrected chi connectivity index (χ4v) is 2.90. The van der Waals surface area contributed by atoms with Crippen molar-refractivity contribution in [3.8, 4) is 5.75 Å². The van der Waals surface area contributed by atoms with E-state index < -0.39 is 5.97 Å². The van der Waals surface area contributed by atoms with Gasteiger partial charge in [-0.25, -0.2) is 0 Å². The highest BCUT2D eigenvalue weighted by atomic mass is 16.5. The minimum Gasteiger partial charge on any atom is -0.492 e. The third-order valence-corrected chi connectivity index (χ3v) is 4.35. The Morgan fingerprint density at radius 3 is 2.71 bits per heavy atom. The Kier molecular flexibility index (Phi) is 5.62. The fraction of sp³-hybridized carbons (Fsp3) is 0.588. The Bertz CT molecular complexity index is 458. The molecule has 1 N–H and O–H groups in total. The van der Waals surface area contributed by atoms with Crippen LogP contribution in [0.1, 0.15) is 31.7 Å². The highest BCUT2D eigenvalue weighted by Crippen LogP contribution is 2.25. The topological polar surface area (TPSA) is 49.8 Å². The maximum absolute atomic E-state index is 11.4. The average Bonchev–Trinajstić information content (AvgIpc) is 2.49. The average molecular weight is 291 g/mol. The summed E-state index contributed by atoms with van der Waals surface area (Å²) >= 11 is 0. The third kappa shape index (κ3) is 4.46. The van der Waals surface area contributed by atoms with Crippen molar-refractivity contribution in [2.24, 2.45) is 5.92 Å². The molecule has 2 unspecified atom stereocenters. The molecule has 4 nitrogen and oxygen atoms in total. The van der Waals surface area contributed by atoms with E-state index in [0.717, 1.165) is 31.6 Å². The summed E-state index contributed by atoms with van der Waals surface area (Å²) in [5.74, 6) is 0.680. The first-order valence-corrected chi connectivity index (χ1v) is 7.76. The van der Waals surface area contributed by atoms with Crippen LogP contribution in [0.5, 0.6) is 5.75 Å². The summed E-state index contributed by atoms with van der Waals surface area (Å²) in [4.78, 5) is 13.5. The van der Waals surface area contributed by atoms with Gasteiger partial charge in [-0.05, 0) is 44.4 Å². The van der Waals surface area contributed by atoms with Crippen molar-refractivity contribution in [2.75, 3.05) is 19.7 Å². The van der Waals surface area contributed by atoms with E-state index in [2.05, 4.69) is 6.92 Å². The van der Waals surface area contributed by atoms with Gasteiger partial charge in [-0.3, -0.25) is 9.69 Å². The molecule has 0 saturated carbocycles. The summed E-state index contributed by atoms with van der Waals surface area (Å²) in [6, 6.07) is 7.58. The number of carboxylic acid groups (broad SMARTS) is 1. The number of piperidine rings is 1. The second kappa shape index (κ2) is 7.46. The number of carbonyl (C=O) groups is 1. The number of aryl methyl sites for hydroxylation is 1. The number of aliphatic carboxylic acids is 1. The van der Waals surface area contributed by atoms with Gasteiger partial charge in [0.2, 0.25) is 0 Å². The maximum atomic E-state index is 11.4. The van der Waals surface area contributed by atoms with Gasteiger partial charge in [0.25, 0.3) is 0 Å². The first-order valence-electron chi connectivity index (χ1n) is 7.76. The van der Waals surface area contributed by atoms with Crippen molar-refractivity contribution in [3.05, 3.63) is 29.8 Å². The number of carboxylic acids is 1. The van der Waals surface area contributed by atoms with Crippen LogP contribution in [-0.4, -0.2) is 41.7 Å². The van der Waals surface area contributed by atoms with Crippen LogP contribution >= 0.6 is 0 Å². The fourth-order valence-electron chi connectivity index (χ4n) is 2.90. The van der Waals surface area contributed by atoms with Gasteiger partial charge in [0.15, 0.2) is 0 Å². The second-order valence-electron chi connectivity index (χ2n) is 5.85. The Morgan fingerprint density at radius 1 is 1.38 bits per heavy atom. The molecule has 0 radical (unpaired) electrons. The molecule has 1 aromatic rings. The number of nitrogens with zero attached hydrogens (tertiary/aromatic N) is 1. The van der Waals surface area contributed by atoms with E-state index in [1.54, 1.807) is 0 Å². The van der Waals surface area contributed by atoms with Crippen molar-refractivity contribution in [1.82, 2.24) is 4.90 Å². The molecule has 0 bridgehead atoms. The maximum Gasteiger partial charge on any atom is 0.320 e. The van der Waals surface area contributed by atoms with E-state index in [0.29, 0.717) is 19.1 Å². The number of ether oxygens (including phenoxy) is 1. The molecule has 1 heterocycles. The highest BCUT2D eigenvalue weighted by Gasteiger charge is 2.32. The van der Waals surface area contributed by atoms with Crippen molar-refractivity contribution in [2.45, 2.75) is 39.2 Å². The number of hydrogen-bond donors (Lipinski definition) is 1. The quantitative estimate of drug-likeness (QED) is 0.875. The summed E-state index contributed by atoms with van der Waals surface area (Å²) in [5, 5.41) is 9.39. The molecular formula is C17H25NO3. The van der Waals surface area contributed by atoms with Gasteiger partial charge in [0.1, 0.15) is 18.4 Å². The molecule has 2 rings (SSSR count). The van der Waals surface area contributed by atoms with Crippen molar-refractivity contribution >= 4 is 5.97 Å². The van der Waals surface area contributed by atoms with Crippen molar-refractivity contribution < 1.29 is 14.6 Å². The Balaban J connectivity index is 1.83. The van der Waals surface area contributed by atoms with E-state index in [1.165, 1.54) is 5.56 Å². The van der Waals surface area contributed by atoms with Crippen LogP contribution in [-0.2, 0) is 4.79 Å². The summed E-state index contributed by atoms with van der Waals surface area (Å²) < 4.78 is 5.71. The number of likely N-dealkylation sites (tertiary alicyclic amines) is 1. The zero-order valence-electron chi connectivity index (χ0n) is 12.9. The summed E-state index contributed by atoms with van der Waals surface area (Å²) in [7, 11) is 0. The van der Waals surface area contributed by atoms with E-state index in [-0.39, 0.29) is 6.04 Å². The first-order chi connectivity index (χ1) is 10.1. The van der Waals surface area contributed by atoms with E-state index in [1.807, 2.05) is 36.1 Å². The minimum absolute atomic E-state index is 0.356.